The van der Waals surface area contributed by atoms with Gasteiger partial charge in [0.25, 0.3) is 0 Å². The summed E-state index contributed by atoms with van der Waals surface area (Å²) in [6.07, 6.45) is 4.47. The van der Waals surface area contributed by atoms with Gasteiger partial charge in [0, 0.05) is 30.9 Å². The second kappa shape index (κ2) is 8.10. The Hall–Kier alpha value is -2.38. The highest BCUT2D eigenvalue weighted by molar-refractivity contribution is 7.89. The third-order valence-electron chi connectivity index (χ3n) is 4.33. The van der Waals surface area contributed by atoms with Crippen molar-refractivity contribution < 1.29 is 13.2 Å². The molecule has 0 aliphatic carbocycles. The molecular weight excluding hydrogens is 362 g/mol. The van der Waals surface area contributed by atoms with Crippen LogP contribution in [0.3, 0.4) is 0 Å². The molecule has 27 heavy (non-hydrogen) atoms. The van der Waals surface area contributed by atoms with Crippen LogP contribution in [0.25, 0.3) is 11.0 Å². The summed E-state index contributed by atoms with van der Waals surface area (Å²) in [5.74, 6) is 1.13. The molecule has 0 amide bonds. The first-order chi connectivity index (χ1) is 12.9. The lowest BCUT2D eigenvalue weighted by atomic mass is 10.2. The van der Waals surface area contributed by atoms with E-state index in [-0.39, 0.29) is 4.90 Å². The summed E-state index contributed by atoms with van der Waals surface area (Å²) in [4.78, 5) is 4.72. The summed E-state index contributed by atoms with van der Waals surface area (Å²) >= 11 is 0. The first-order valence-electron chi connectivity index (χ1n) is 8.97. The number of nitrogens with one attached hydrogen (secondary N) is 1. The van der Waals surface area contributed by atoms with Crippen LogP contribution in [0.15, 0.2) is 53.7 Å². The minimum absolute atomic E-state index is 0.229. The SMILES string of the molecule is COc1ccc(S(=O)(=O)NCCc2cn(CC(C)C)c3ncccc23)cc1. The average molecular weight is 388 g/mol. The van der Waals surface area contributed by atoms with E-state index >= 15 is 0 Å². The fourth-order valence-corrected chi connectivity index (χ4v) is 4.12. The number of hydrogen-bond acceptors (Lipinski definition) is 4. The zero-order chi connectivity index (χ0) is 19.4. The van der Waals surface area contributed by atoms with E-state index in [2.05, 4.69) is 34.3 Å². The standard InChI is InChI=1S/C20H25N3O3S/c1-15(2)13-23-14-16(19-5-4-11-21-20(19)23)10-12-22-27(24,25)18-8-6-17(26-3)7-9-18/h4-9,11,14-15,22H,10,12-13H2,1-3H3. The molecule has 2 heterocycles. The van der Waals surface area contributed by atoms with Gasteiger partial charge in [0.1, 0.15) is 11.4 Å². The molecule has 0 saturated heterocycles. The zero-order valence-corrected chi connectivity index (χ0v) is 16.7. The molecule has 1 aromatic carbocycles. The molecule has 2 aromatic heterocycles. The first kappa shape index (κ1) is 19.4. The molecule has 0 fully saturated rings. The lowest BCUT2D eigenvalue weighted by Gasteiger charge is -2.07. The van der Waals surface area contributed by atoms with E-state index in [1.165, 1.54) is 0 Å². The van der Waals surface area contributed by atoms with Crippen LogP contribution < -0.4 is 9.46 Å². The first-order valence-corrected chi connectivity index (χ1v) is 10.5. The van der Waals surface area contributed by atoms with Crippen LogP contribution in [0.2, 0.25) is 0 Å². The Bertz CT molecular complexity index is 1010. The number of sulfonamides is 1. The Balaban J connectivity index is 1.73. The van der Waals surface area contributed by atoms with Gasteiger partial charge in [-0.05, 0) is 54.3 Å². The molecule has 0 atom stereocenters. The maximum atomic E-state index is 12.5. The van der Waals surface area contributed by atoms with Crippen LogP contribution >= 0.6 is 0 Å². The van der Waals surface area contributed by atoms with Gasteiger partial charge in [0.15, 0.2) is 0 Å². The summed E-state index contributed by atoms with van der Waals surface area (Å²) < 4.78 is 34.8. The number of rotatable bonds is 8. The third kappa shape index (κ3) is 4.48. The summed E-state index contributed by atoms with van der Waals surface area (Å²) in [6, 6.07) is 10.3. The van der Waals surface area contributed by atoms with E-state index in [0.29, 0.717) is 24.6 Å². The molecule has 6 nitrogen and oxygen atoms in total. The highest BCUT2D eigenvalue weighted by atomic mass is 32.2. The van der Waals surface area contributed by atoms with Gasteiger partial charge in [0.05, 0.1) is 12.0 Å². The van der Waals surface area contributed by atoms with Crippen molar-refractivity contribution in [2.24, 2.45) is 5.92 Å². The van der Waals surface area contributed by atoms with Gasteiger partial charge in [-0.25, -0.2) is 18.1 Å². The summed E-state index contributed by atoms with van der Waals surface area (Å²) in [5.41, 5.74) is 2.04. The maximum absolute atomic E-state index is 12.5. The predicted molar refractivity (Wildman–Crippen MR) is 106 cm³/mol. The molecule has 0 aliphatic rings. The van der Waals surface area contributed by atoms with E-state index in [0.717, 1.165) is 23.1 Å². The fourth-order valence-electron chi connectivity index (χ4n) is 3.09. The summed E-state index contributed by atoms with van der Waals surface area (Å²) in [7, 11) is -2.00. The van der Waals surface area contributed by atoms with Crippen LogP contribution in [-0.4, -0.2) is 31.6 Å². The molecule has 7 heteroatoms. The predicted octanol–water partition coefficient (Wildman–Crippen LogP) is 3.22. The number of pyridine rings is 1. The van der Waals surface area contributed by atoms with Crippen molar-refractivity contribution in [3.8, 4) is 5.75 Å². The van der Waals surface area contributed by atoms with E-state index in [9.17, 15) is 8.42 Å². The number of methoxy groups -OCH3 is 1. The van der Waals surface area contributed by atoms with Crippen LogP contribution in [0.1, 0.15) is 19.4 Å². The smallest absolute Gasteiger partial charge is 0.240 e. The summed E-state index contributed by atoms with van der Waals surface area (Å²) in [6.45, 7) is 5.53. The van der Waals surface area contributed by atoms with E-state index < -0.39 is 10.0 Å². The van der Waals surface area contributed by atoms with Crippen molar-refractivity contribution in [2.75, 3.05) is 13.7 Å². The normalized spacial score (nSPS) is 12.0. The third-order valence-corrected chi connectivity index (χ3v) is 5.81. The van der Waals surface area contributed by atoms with Crippen LogP contribution in [-0.2, 0) is 23.0 Å². The highest BCUT2D eigenvalue weighted by Gasteiger charge is 2.15. The van der Waals surface area contributed by atoms with Crippen molar-refractivity contribution in [3.63, 3.8) is 0 Å². The monoisotopic (exact) mass is 387 g/mol. The van der Waals surface area contributed by atoms with Crippen molar-refractivity contribution in [2.45, 2.75) is 31.7 Å². The van der Waals surface area contributed by atoms with Gasteiger partial charge in [-0.3, -0.25) is 0 Å². The quantitative estimate of drug-likeness (QED) is 0.644. The van der Waals surface area contributed by atoms with Gasteiger partial charge in [-0.2, -0.15) is 0 Å². The topological polar surface area (TPSA) is 73.2 Å². The molecule has 0 unspecified atom stereocenters. The second-order valence-corrected chi connectivity index (χ2v) is 8.67. The molecule has 1 N–H and O–H groups in total. The van der Waals surface area contributed by atoms with Gasteiger partial charge in [-0.1, -0.05) is 13.8 Å². The molecule has 0 aliphatic heterocycles. The Kier molecular flexibility index (Phi) is 5.82. The number of nitrogens with zero attached hydrogens (tertiary/aromatic N) is 2. The molecule has 0 saturated carbocycles. The lowest BCUT2D eigenvalue weighted by molar-refractivity contribution is 0.414. The van der Waals surface area contributed by atoms with Crippen LogP contribution in [0.5, 0.6) is 5.75 Å². The number of benzene rings is 1. The van der Waals surface area contributed by atoms with Crippen molar-refractivity contribution in [1.82, 2.24) is 14.3 Å². The van der Waals surface area contributed by atoms with Crippen molar-refractivity contribution >= 4 is 21.1 Å². The minimum atomic E-state index is -3.55. The number of aromatic nitrogens is 2. The van der Waals surface area contributed by atoms with E-state index in [1.54, 1.807) is 37.6 Å². The van der Waals surface area contributed by atoms with Crippen LogP contribution in [0.4, 0.5) is 0 Å². The molecule has 0 bridgehead atoms. The second-order valence-electron chi connectivity index (χ2n) is 6.90. The Morgan fingerprint density at radius 1 is 1.19 bits per heavy atom. The molecule has 144 valence electrons. The molecule has 0 spiro atoms. The number of hydrogen-bond donors (Lipinski definition) is 1. The van der Waals surface area contributed by atoms with Gasteiger partial charge >= 0.3 is 0 Å². The number of fused-ring (bicyclic) bond motifs is 1. The van der Waals surface area contributed by atoms with Crippen molar-refractivity contribution in [3.05, 3.63) is 54.4 Å². The lowest BCUT2D eigenvalue weighted by Crippen LogP contribution is -2.25. The van der Waals surface area contributed by atoms with E-state index in [4.69, 9.17) is 4.74 Å². The summed E-state index contributed by atoms with van der Waals surface area (Å²) in [5, 5.41) is 1.07. The largest absolute Gasteiger partial charge is 0.497 e. The van der Waals surface area contributed by atoms with Crippen molar-refractivity contribution in [1.29, 1.82) is 0 Å². The average Bonchev–Trinajstić information content (AvgIpc) is 2.99. The Morgan fingerprint density at radius 3 is 2.59 bits per heavy atom. The molecule has 3 aromatic rings. The maximum Gasteiger partial charge on any atom is 0.240 e. The number of ether oxygens (including phenoxy) is 1. The minimum Gasteiger partial charge on any atom is -0.497 e. The molecule has 0 radical (unpaired) electrons. The van der Waals surface area contributed by atoms with Crippen LogP contribution in [0, 0.1) is 5.92 Å². The highest BCUT2D eigenvalue weighted by Crippen LogP contribution is 2.21. The van der Waals surface area contributed by atoms with Gasteiger partial charge < -0.3 is 9.30 Å². The zero-order valence-electron chi connectivity index (χ0n) is 15.8. The fraction of sp³-hybridized carbons (Fsp3) is 0.350. The van der Waals surface area contributed by atoms with E-state index in [1.807, 2.05) is 12.1 Å². The molecule has 3 rings (SSSR count). The Labute approximate surface area is 160 Å². The molecular formula is C20H25N3O3S. The van der Waals surface area contributed by atoms with Gasteiger partial charge in [0.2, 0.25) is 10.0 Å². The Morgan fingerprint density at radius 2 is 1.93 bits per heavy atom. The van der Waals surface area contributed by atoms with Gasteiger partial charge in [-0.15, -0.1) is 0 Å².